The van der Waals surface area contributed by atoms with Gasteiger partial charge in [-0.05, 0) is 19.3 Å². The summed E-state index contributed by atoms with van der Waals surface area (Å²) in [5.74, 6) is 1.22. The molecule has 0 saturated carbocycles. The fourth-order valence-corrected chi connectivity index (χ4v) is 2.86. The van der Waals surface area contributed by atoms with Crippen LogP contribution in [-0.2, 0) is 9.47 Å². The van der Waals surface area contributed by atoms with E-state index in [0.717, 1.165) is 52.4 Å². The Labute approximate surface area is 110 Å². The van der Waals surface area contributed by atoms with Crippen molar-refractivity contribution >= 4 is 5.84 Å². The molecule has 0 bridgehead atoms. The average Bonchev–Trinajstić information content (AvgIpc) is 2.37. The molecule has 2 heterocycles. The summed E-state index contributed by atoms with van der Waals surface area (Å²) in [4.78, 5) is 4.76. The fraction of sp³-hybridized carbons (Fsp3) is 0.929. The summed E-state index contributed by atoms with van der Waals surface area (Å²) in [6.45, 7) is 7.23. The van der Waals surface area contributed by atoms with Crippen LogP contribution >= 0.6 is 0 Å². The summed E-state index contributed by atoms with van der Waals surface area (Å²) in [7, 11) is 0. The molecule has 0 radical (unpaired) electrons. The number of rotatable bonds is 4. The van der Waals surface area contributed by atoms with E-state index in [1.54, 1.807) is 0 Å². The predicted molar refractivity (Wildman–Crippen MR) is 73.1 cm³/mol. The number of ether oxygens (including phenoxy) is 2. The van der Waals surface area contributed by atoms with Crippen molar-refractivity contribution in [2.45, 2.75) is 39.0 Å². The molecule has 0 aromatic rings. The highest BCUT2D eigenvalue weighted by molar-refractivity contribution is 5.88. The minimum Gasteiger partial charge on any atom is -0.381 e. The van der Waals surface area contributed by atoms with Crippen molar-refractivity contribution in [1.82, 2.24) is 5.32 Å². The highest BCUT2D eigenvalue weighted by Crippen LogP contribution is 2.37. The first kappa shape index (κ1) is 13.8. The zero-order valence-corrected chi connectivity index (χ0v) is 11.5. The van der Waals surface area contributed by atoms with E-state index in [0.29, 0.717) is 0 Å². The van der Waals surface area contributed by atoms with Gasteiger partial charge in [-0.2, -0.15) is 0 Å². The van der Waals surface area contributed by atoms with Gasteiger partial charge in [0.15, 0.2) is 0 Å². The van der Waals surface area contributed by atoms with Gasteiger partial charge in [-0.15, -0.1) is 0 Å². The van der Waals surface area contributed by atoms with E-state index in [1.165, 1.54) is 25.1 Å². The van der Waals surface area contributed by atoms with Crippen LogP contribution in [0.15, 0.2) is 4.99 Å². The van der Waals surface area contributed by atoms with Crippen molar-refractivity contribution in [3.8, 4) is 0 Å². The Hall–Kier alpha value is -0.610. The van der Waals surface area contributed by atoms with Crippen molar-refractivity contribution in [3.05, 3.63) is 0 Å². The van der Waals surface area contributed by atoms with Crippen LogP contribution in [0.25, 0.3) is 0 Å². The molecule has 2 aliphatic heterocycles. The molecule has 1 saturated heterocycles. The van der Waals surface area contributed by atoms with Crippen molar-refractivity contribution in [2.75, 3.05) is 39.5 Å². The Bertz CT molecular complexity index is 273. The molecule has 0 aliphatic carbocycles. The Balaban J connectivity index is 2.09. The third kappa shape index (κ3) is 3.45. The number of nitrogens with one attached hydrogen (secondary N) is 1. The molecule has 104 valence electrons. The van der Waals surface area contributed by atoms with Crippen molar-refractivity contribution < 1.29 is 9.47 Å². The van der Waals surface area contributed by atoms with E-state index < -0.39 is 0 Å². The van der Waals surface area contributed by atoms with Gasteiger partial charge in [0.1, 0.15) is 5.84 Å². The zero-order chi connectivity index (χ0) is 12.7. The van der Waals surface area contributed by atoms with Crippen LogP contribution in [0.2, 0.25) is 0 Å². The molecule has 0 spiro atoms. The molecular formula is C14H26N2O2. The van der Waals surface area contributed by atoms with E-state index in [-0.39, 0.29) is 5.41 Å². The summed E-state index contributed by atoms with van der Waals surface area (Å²) in [6, 6.07) is 0. The summed E-state index contributed by atoms with van der Waals surface area (Å²) >= 11 is 0. The molecule has 0 aromatic carbocycles. The largest absolute Gasteiger partial charge is 0.381 e. The Kier molecular flexibility index (Phi) is 5.45. The SMILES string of the molecule is CCCCC1(C2=NCCOCCN2)CCOCC1. The lowest BCUT2D eigenvalue weighted by Crippen LogP contribution is -2.46. The van der Waals surface area contributed by atoms with Crippen LogP contribution in [0.4, 0.5) is 0 Å². The fourth-order valence-electron chi connectivity index (χ4n) is 2.86. The predicted octanol–water partition coefficient (Wildman–Crippen LogP) is 1.99. The van der Waals surface area contributed by atoms with E-state index in [9.17, 15) is 0 Å². The van der Waals surface area contributed by atoms with Crippen LogP contribution in [0, 0.1) is 5.41 Å². The van der Waals surface area contributed by atoms with Gasteiger partial charge in [-0.25, -0.2) is 0 Å². The van der Waals surface area contributed by atoms with Gasteiger partial charge in [-0.1, -0.05) is 19.8 Å². The third-order valence-corrected chi connectivity index (χ3v) is 4.01. The maximum Gasteiger partial charge on any atom is 0.103 e. The Morgan fingerprint density at radius 1 is 1.17 bits per heavy atom. The molecule has 1 fully saturated rings. The molecule has 0 amide bonds. The Morgan fingerprint density at radius 3 is 2.72 bits per heavy atom. The molecule has 4 nitrogen and oxygen atoms in total. The van der Waals surface area contributed by atoms with Crippen molar-refractivity contribution in [2.24, 2.45) is 10.4 Å². The number of aliphatic imine (C=N–C) groups is 1. The standard InChI is InChI=1S/C14H26N2O2/c1-2-3-4-14(5-9-17-10-6-14)13-15-7-11-18-12-8-16-13/h2-12H2,1H3,(H,15,16). The van der Waals surface area contributed by atoms with Gasteiger partial charge < -0.3 is 14.8 Å². The number of nitrogens with zero attached hydrogens (tertiary/aromatic N) is 1. The summed E-state index contributed by atoms with van der Waals surface area (Å²) in [6.07, 6.45) is 5.98. The maximum atomic E-state index is 5.54. The van der Waals surface area contributed by atoms with E-state index >= 15 is 0 Å². The minimum absolute atomic E-state index is 0.242. The lowest BCUT2D eigenvalue weighted by molar-refractivity contribution is 0.0389. The number of amidine groups is 1. The molecule has 1 N–H and O–H groups in total. The first-order valence-electron chi connectivity index (χ1n) is 7.32. The second-order valence-corrected chi connectivity index (χ2v) is 5.27. The van der Waals surface area contributed by atoms with Crippen LogP contribution in [0.5, 0.6) is 0 Å². The monoisotopic (exact) mass is 254 g/mol. The molecule has 4 heteroatoms. The van der Waals surface area contributed by atoms with E-state index in [1.807, 2.05) is 0 Å². The summed E-state index contributed by atoms with van der Waals surface area (Å²) in [5.41, 5.74) is 0.242. The average molecular weight is 254 g/mol. The molecule has 0 unspecified atom stereocenters. The molecular weight excluding hydrogens is 228 g/mol. The topological polar surface area (TPSA) is 42.8 Å². The van der Waals surface area contributed by atoms with E-state index in [4.69, 9.17) is 14.5 Å². The van der Waals surface area contributed by atoms with Gasteiger partial charge in [0, 0.05) is 25.2 Å². The minimum atomic E-state index is 0.242. The zero-order valence-electron chi connectivity index (χ0n) is 11.5. The normalized spacial score (nSPS) is 24.6. The summed E-state index contributed by atoms with van der Waals surface area (Å²) < 4.78 is 11.0. The van der Waals surface area contributed by atoms with Gasteiger partial charge in [-0.3, -0.25) is 4.99 Å². The Morgan fingerprint density at radius 2 is 1.94 bits per heavy atom. The first-order valence-corrected chi connectivity index (χ1v) is 7.32. The quantitative estimate of drug-likeness (QED) is 0.834. The smallest absolute Gasteiger partial charge is 0.103 e. The van der Waals surface area contributed by atoms with Crippen LogP contribution in [0.3, 0.4) is 0 Å². The van der Waals surface area contributed by atoms with E-state index in [2.05, 4.69) is 12.2 Å². The van der Waals surface area contributed by atoms with Gasteiger partial charge in [0.05, 0.1) is 19.8 Å². The van der Waals surface area contributed by atoms with Crippen molar-refractivity contribution in [3.63, 3.8) is 0 Å². The highest BCUT2D eigenvalue weighted by Gasteiger charge is 2.37. The molecule has 0 aromatic heterocycles. The lowest BCUT2D eigenvalue weighted by Gasteiger charge is -2.39. The highest BCUT2D eigenvalue weighted by atomic mass is 16.5. The van der Waals surface area contributed by atoms with Crippen LogP contribution in [0.1, 0.15) is 39.0 Å². The molecule has 18 heavy (non-hydrogen) atoms. The number of unbranched alkanes of at least 4 members (excludes halogenated alkanes) is 1. The van der Waals surface area contributed by atoms with Gasteiger partial charge >= 0.3 is 0 Å². The van der Waals surface area contributed by atoms with Gasteiger partial charge in [0.25, 0.3) is 0 Å². The van der Waals surface area contributed by atoms with Crippen LogP contribution in [-0.4, -0.2) is 45.4 Å². The second-order valence-electron chi connectivity index (χ2n) is 5.27. The molecule has 0 atom stereocenters. The second kappa shape index (κ2) is 7.10. The van der Waals surface area contributed by atoms with Crippen molar-refractivity contribution in [1.29, 1.82) is 0 Å². The first-order chi connectivity index (χ1) is 8.87. The lowest BCUT2D eigenvalue weighted by atomic mass is 9.74. The maximum absolute atomic E-state index is 5.54. The van der Waals surface area contributed by atoms with Crippen LogP contribution < -0.4 is 5.32 Å². The number of hydrogen-bond acceptors (Lipinski definition) is 4. The summed E-state index contributed by atoms with van der Waals surface area (Å²) in [5, 5.41) is 3.51. The van der Waals surface area contributed by atoms with Gasteiger partial charge in [0.2, 0.25) is 0 Å². The third-order valence-electron chi connectivity index (χ3n) is 4.01. The molecule has 2 rings (SSSR count). The molecule has 2 aliphatic rings. The number of hydrogen-bond donors (Lipinski definition) is 1.